The van der Waals surface area contributed by atoms with Gasteiger partial charge in [0.25, 0.3) is 0 Å². The van der Waals surface area contributed by atoms with Gasteiger partial charge in [0.05, 0.1) is 12.1 Å². The first-order valence-electron chi connectivity index (χ1n) is 14.2. The van der Waals surface area contributed by atoms with Crippen molar-refractivity contribution in [3.63, 3.8) is 0 Å². The first-order valence-corrected chi connectivity index (χ1v) is 15.2. The largest absolute Gasteiger partial charge is 0.507 e. The average Bonchev–Trinajstić information content (AvgIpc) is 2.97. The molecule has 0 bridgehead atoms. The number of carbonyl (C=O) groups is 1. The molecule has 1 saturated heterocycles. The monoisotopic (exact) mass is 558 g/mol. The molecule has 2 aromatic carbocycles. The zero-order valence-corrected chi connectivity index (χ0v) is 24.7. The minimum absolute atomic E-state index is 0.0685. The van der Waals surface area contributed by atoms with E-state index in [2.05, 4.69) is 88.0 Å². The fourth-order valence-electron chi connectivity index (χ4n) is 5.43. The van der Waals surface area contributed by atoms with Crippen molar-refractivity contribution in [2.75, 3.05) is 33.2 Å². The number of rotatable bonds is 11. The third kappa shape index (κ3) is 8.12. The Bertz CT molecular complexity index is 1230. The van der Waals surface area contributed by atoms with Gasteiger partial charge in [0.2, 0.25) is 5.91 Å². The first kappa shape index (κ1) is 29.7. The van der Waals surface area contributed by atoms with E-state index in [0.717, 1.165) is 44.9 Å². The number of nitrogens with zero attached hydrogens (tertiary/aromatic N) is 3. The number of nitrogens with one attached hydrogen (secondary N) is 1. The highest BCUT2D eigenvalue weighted by atomic mass is 32.2. The van der Waals surface area contributed by atoms with E-state index in [9.17, 15) is 9.90 Å². The fourth-order valence-corrected chi connectivity index (χ4v) is 6.14. The van der Waals surface area contributed by atoms with Crippen LogP contribution in [-0.4, -0.2) is 60.3 Å². The molecular weight excluding hydrogens is 516 g/mol. The highest BCUT2D eigenvalue weighted by Gasteiger charge is 2.27. The molecule has 1 aliphatic carbocycles. The molecule has 0 radical (unpaired) electrons. The second-order valence-electron chi connectivity index (χ2n) is 10.5. The Morgan fingerprint density at radius 1 is 1.12 bits per heavy atom. The van der Waals surface area contributed by atoms with Crippen molar-refractivity contribution in [2.45, 2.75) is 38.5 Å². The highest BCUT2D eigenvalue weighted by Crippen LogP contribution is 2.29. The van der Waals surface area contributed by atoms with Gasteiger partial charge in [-0.15, -0.1) is 0 Å². The number of aliphatic hydroxyl groups is 1. The molecule has 1 fully saturated rings. The van der Waals surface area contributed by atoms with Crippen LogP contribution < -0.4 is 4.72 Å². The molecule has 2 aliphatic rings. The maximum Gasteiger partial charge on any atom is 0.237 e. The number of aliphatic imine (C=N–C) groups is 1. The lowest BCUT2D eigenvalue weighted by Gasteiger charge is -2.38. The number of allylic oxidation sites excluding steroid dienone is 4. The van der Waals surface area contributed by atoms with Gasteiger partial charge < -0.3 is 10.0 Å². The fraction of sp³-hybridized carbons (Fsp3) is 0.394. The van der Waals surface area contributed by atoms with Crippen LogP contribution in [0.15, 0.2) is 95.3 Å². The number of aliphatic hydroxyl groups excluding tert-OH is 1. The van der Waals surface area contributed by atoms with Gasteiger partial charge in [-0.05, 0) is 53.1 Å². The van der Waals surface area contributed by atoms with E-state index < -0.39 is 0 Å². The lowest BCUT2D eigenvalue weighted by molar-refractivity contribution is -0.122. The van der Waals surface area contributed by atoms with Gasteiger partial charge in [0.1, 0.15) is 5.76 Å². The zero-order chi connectivity index (χ0) is 28.3. The lowest BCUT2D eigenvalue weighted by atomic mass is 9.88. The molecule has 3 unspecified atom stereocenters. The molecule has 0 spiro atoms. The van der Waals surface area contributed by atoms with Gasteiger partial charge in [-0.1, -0.05) is 80.6 Å². The second kappa shape index (κ2) is 14.9. The quantitative estimate of drug-likeness (QED) is 0.198. The molecule has 1 aliphatic heterocycles. The Kier molecular flexibility index (Phi) is 11.1. The Hall–Kier alpha value is -3.29. The molecule has 2 aromatic rings. The van der Waals surface area contributed by atoms with Crippen molar-refractivity contribution in [3.8, 4) is 0 Å². The van der Waals surface area contributed by atoms with Crippen molar-refractivity contribution in [2.24, 2.45) is 16.8 Å². The second-order valence-corrected chi connectivity index (χ2v) is 11.3. The normalized spacial score (nSPS) is 20.9. The summed E-state index contributed by atoms with van der Waals surface area (Å²) in [7, 11) is 1.67. The summed E-state index contributed by atoms with van der Waals surface area (Å²) >= 11 is 1.46. The number of piperazine rings is 1. The summed E-state index contributed by atoms with van der Waals surface area (Å²) in [5.74, 6) is 1.20. The maximum absolute atomic E-state index is 12.8. The van der Waals surface area contributed by atoms with E-state index in [4.69, 9.17) is 0 Å². The molecule has 0 saturated carbocycles. The molecule has 2 N–H and O–H groups in total. The summed E-state index contributed by atoms with van der Waals surface area (Å²) in [6.45, 7) is 9.05. The summed E-state index contributed by atoms with van der Waals surface area (Å²) in [5.41, 5.74) is 5.00. The van der Waals surface area contributed by atoms with E-state index >= 15 is 0 Å². The molecule has 1 heterocycles. The third-order valence-electron chi connectivity index (χ3n) is 7.69. The van der Waals surface area contributed by atoms with Crippen molar-refractivity contribution < 1.29 is 9.90 Å². The number of hydrogen-bond donors (Lipinski definition) is 2. The lowest BCUT2D eigenvalue weighted by Crippen LogP contribution is -2.45. The Balaban J connectivity index is 1.28. The number of hydrogen-bond acceptors (Lipinski definition) is 6. The third-order valence-corrected chi connectivity index (χ3v) is 8.51. The predicted molar refractivity (Wildman–Crippen MR) is 167 cm³/mol. The molecule has 7 heteroatoms. The van der Waals surface area contributed by atoms with E-state index in [-0.39, 0.29) is 29.4 Å². The predicted octanol–water partition coefficient (Wildman–Crippen LogP) is 6.11. The van der Waals surface area contributed by atoms with E-state index in [1.165, 1.54) is 40.5 Å². The van der Waals surface area contributed by atoms with Crippen LogP contribution in [0.2, 0.25) is 0 Å². The Morgan fingerprint density at radius 3 is 2.55 bits per heavy atom. The van der Waals surface area contributed by atoms with Crippen molar-refractivity contribution in [3.05, 3.63) is 107 Å². The summed E-state index contributed by atoms with van der Waals surface area (Å²) in [6.07, 6.45) is 10.8. The van der Waals surface area contributed by atoms with Crippen LogP contribution in [0.4, 0.5) is 0 Å². The summed E-state index contributed by atoms with van der Waals surface area (Å²) < 4.78 is 3.04. The SMILES string of the molecule is CCC(C=C(O)C=NC)c1ccccc1CN1CCN(C2=CC(C)C(C(=O)NSCc3ccccc3)C=C2)CC1. The van der Waals surface area contributed by atoms with Crippen LogP contribution in [0.1, 0.15) is 42.9 Å². The zero-order valence-electron chi connectivity index (χ0n) is 23.9. The standard InChI is InChI=1S/C33H42N4O2S/c1-4-27(21-30(38)22-34-3)32-13-9-8-12-28(32)23-36-16-18-37(19-17-36)29-14-15-31(25(2)20-29)33(39)35-40-24-26-10-6-5-7-11-26/h5-15,20-22,25,27,31,38H,4,16-19,23-24H2,1-3H3,(H,35,39). The molecular formula is C33H42N4O2S. The Morgan fingerprint density at radius 2 is 1.85 bits per heavy atom. The van der Waals surface area contributed by atoms with Crippen molar-refractivity contribution in [1.29, 1.82) is 0 Å². The van der Waals surface area contributed by atoms with Crippen LogP contribution in [0, 0.1) is 11.8 Å². The molecule has 1 amide bonds. The number of carbonyl (C=O) groups excluding carboxylic acids is 1. The summed E-state index contributed by atoms with van der Waals surface area (Å²) in [6, 6.07) is 18.8. The number of benzene rings is 2. The van der Waals surface area contributed by atoms with E-state index in [1.807, 2.05) is 24.3 Å². The van der Waals surface area contributed by atoms with Gasteiger partial charge in [-0.25, -0.2) is 0 Å². The topological polar surface area (TPSA) is 68.2 Å². The van der Waals surface area contributed by atoms with Gasteiger partial charge in [0, 0.05) is 57.1 Å². The summed E-state index contributed by atoms with van der Waals surface area (Å²) in [5, 5.41) is 10.2. The average molecular weight is 559 g/mol. The van der Waals surface area contributed by atoms with Crippen LogP contribution in [0.5, 0.6) is 0 Å². The van der Waals surface area contributed by atoms with Crippen LogP contribution in [0.25, 0.3) is 0 Å². The smallest absolute Gasteiger partial charge is 0.237 e. The highest BCUT2D eigenvalue weighted by molar-refractivity contribution is 7.97. The van der Waals surface area contributed by atoms with Gasteiger partial charge in [-0.2, -0.15) is 0 Å². The van der Waals surface area contributed by atoms with Gasteiger partial charge in [0.15, 0.2) is 0 Å². The van der Waals surface area contributed by atoms with Crippen LogP contribution >= 0.6 is 11.9 Å². The maximum atomic E-state index is 12.8. The first-order chi connectivity index (χ1) is 19.5. The van der Waals surface area contributed by atoms with Crippen LogP contribution in [-0.2, 0) is 17.1 Å². The number of amides is 1. The molecule has 4 rings (SSSR count). The van der Waals surface area contributed by atoms with E-state index in [0.29, 0.717) is 0 Å². The molecule has 0 aromatic heterocycles. The Labute approximate surface area is 243 Å². The summed E-state index contributed by atoms with van der Waals surface area (Å²) in [4.78, 5) is 21.7. The molecule has 3 atom stereocenters. The van der Waals surface area contributed by atoms with Gasteiger partial charge >= 0.3 is 0 Å². The van der Waals surface area contributed by atoms with E-state index in [1.54, 1.807) is 7.05 Å². The van der Waals surface area contributed by atoms with Crippen molar-refractivity contribution in [1.82, 2.24) is 14.5 Å². The van der Waals surface area contributed by atoms with Gasteiger partial charge in [-0.3, -0.25) is 19.4 Å². The molecule has 40 heavy (non-hydrogen) atoms. The minimum Gasteiger partial charge on any atom is -0.507 e. The van der Waals surface area contributed by atoms with Crippen LogP contribution in [0.3, 0.4) is 0 Å². The molecule has 6 nitrogen and oxygen atoms in total. The molecule has 212 valence electrons. The minimum atomic E-state index is -0.145. The van der Waals surface area contributed by atoms with Crippen molar-refractivity contribution >= 4 is 24.1 Å².